The largest absolute Gasteiger partial charge is 0.481 e. The normalized spacial score (nSPS) is 11.4. The summed E-state index contributed by atoms with van der Waals surface area (Å²) < 4.78 is 17.6. The highest BCUT2D eigenvalue weighted by atomic mass is 35.5. The third-order valence-corrected chi connectivity index (χ3v) is 6.09. The lowest BCUT2D eigenvalue weighted by Gasteiger charge is -2.15. The molecule has 0 aliphatic heterocycles. The van der Waals surface area contributed by atoms with Gasteiger partial charge in [0.25, 0.3) is 5.56 Å². The standard InChI is InChI=1S/C28H23ClN4O5/c1-32(2)20-10-8-17(24(14-20)37-16-26(34)36-3)15-30-33-27(31-22-7-5-4-6-21(22)28(33)35)25-13-18-12-19(29)9-11-23(18)38-25/h4-15H,16H2,1-3H3. The van der Waals surface area contributed by atoms with E-state index < -0.39 is 5.97 Å². The van der Waals surface area contributed by atoms with Crippen molar-refractivity contribution in [3.8, 4) is 17.3 Å². The van der Waals surface area contributed by atoms with Crippen LogP contribution in [0, 0.1) is 0 Å². The van der Waals surface area contributed by atoms with E-state index >= 15 is 0 Å². The Bertz CT molecular complexity index is 1760. The summed E-state index contributed by atoms with van der Waals surface area (Å²) >= 11 is 6.15. The van der Waals surface area contributed by atoms with Crippen molar-refractivity contribution >= 4 is 51.3 Å². The fourth-order valence-corrected chi connectivity index (χ4v) is 4.04. The molecule has 0 bridgehead atoms. The molecule has 2 heterocycles. The lowest BCUT2D eigenvalue weighted by atomic mass is 10.2. The first kappa shape index (κ1) is 25.0. The third-order valence-electron chi connectivity index (χ3n) is 5.85. The molecule has 0 spiro atoms. The highest BCUT2D eigenvalue weighted by Gasteiger charge is 2.17. The number of carbonyl (C=O) groups excluding carboxylic acids is 1. The Kier molecular flexibility index (Phi) is 6.85. The molecule has 5 aromatic rings. The maximum atomic E-state index is 13.5. The second kappa shape index (κ2) is 10.4. The van der Waals surface area contributed by atoms with Crippen LogP contribution >= 0.6 is 11.6 Å². The van der Waals surface area contributed by atoms with Gasteiger partial charge < -0.3 is 18.8 Å². The number of para-hydroxylation sites is 1. The van der Waals surface area contributed by atoms with Crippen molar-refractivity contribution < 1.29 is 18.7 Å². The van der Waals surface area contributed by atoms with Crippen LogP contribution in [-0.4, -0.2) is 49.7 Å². The summed E-state index contributed by atoms with van der Waals surface area (Å²) in [5.74, 6) is 0.448. The first-order chi connectivity index (χ1) is 18.3. The van der Waals surface area contributed by atoms with Crippen molar-refractivity contribution in [2.45, 2.75) is 0 Å². The van der Waals surface area contributed by atoms with Crippen LogP contribution in [0.2, 0.25) is 5.02 Å². The predicted octanol–water partition coefficient (Wildman–Crippen LogP) is 4.96. The van der Waals surface area contributed by atoms with Crippen LogP contribution in [0.5, 0.6) is 5.75 Å². The Labute approximate surface area is 222 Å². The summed E-state index contributed by atoms with van der Waals surface area (Å²) in [5.41, 5.74) is 2.13. The molecular weight excluding hydrogens is 508 g/mol. The van der Waals surface area contributed by atoms with Crippen LogP contribution in [0.3, 0.4) is 0 Å². The molecule has 0 atom stereocenters. The fourth-order valence-electron chi connectivity index (χ4n) is 3.86. The molecule has 0 aliphatic rings. The first-order valence-corrected chi connectivity index (χ1v) is 12.0. The minimum absolute atomic E-state index is 0.221. The monoisotopic (exact) mass is 530 g/mol. The number of halogens is 1. The summed E-state index contributed by atoms with van der Waals surface area (Å²) in [6.45, 7) is -0.279. The van der Waals surface area contributed by atoms with E-state index in [9.17, 15) is 9.59 Å². The van der Waals surface area contributed by atoms with Gasteiger partial charge in [-0.3, -0.25) is 4.79 Å². The molecule has 0 saturated carbocycles. The van der Waals surface area contributed by atoms with Crippen molar-refractivity contribution in [3.63, 3.8) is 0 Å². The van der Waals surface area contributed by atoms with E-state index in [1.165, 1.54) is 18.0 Å². The lowest BCUT2D eigenvalue weighted by molar-refractivity contribution is -0.142. The van der Waals surface area contributed by atoms with Gasteiger partial charge in [0.1, 0.15) is 11.3 Å². The van der Waals surface area contributed by atoms with Gasteiger partial charge in [-0.25, -0.2) is 9.78 Å². The highest BCUT2D eigenvalue weighted by molar-refractivity contribution is 6.31. The number of rotatable bonds is 7. The zero-order valence-corrected chi connectivity index (χ0v) is 21.6. The molecule has 3 aromatic carbocycles. The first-order valence-electron chi connectivity index (χ1n) is 11.6. The Morgan fingerprint density at radius 1 is 1.13 bits per heavy atom. The second-order valence-corrected chi connectivity index (χ2v) is 9.02. The molecule has 0 fully saturated rings. The van der Waals surface area contributed by atoms with Crippen molar-refractivity contribution in [1.29, 1.82) is 0 Å². The molecule has 2 aromatic heterocycles. The topological polar surface area (TPSA) is 99.2 Å². The van der Waals surface area contributed by atoms with Gasteiger partial charge in [-0.2, -0.15) is 9.78 Å². The lowest BCUT2D eigenvalue weighted by Crippen LogP contribution is -2.20. The van der Waals surface area contributed by atoms with E-state index in [1.54, 1.807) is 54.6 Å². The Morgan fingerprint density at radius 2 is 1.95 bits per heavy atom. The molecule has 0 aliphatic carbocycles. The number of esters is 1. The van der Waals surface area contributed by atoms with Crippen molar-refractivity contribution in [2.24, 2.45) is 5.10 Å². The van der Waals surface area contributed by atoms with Gasteiger partial charge in [0.05, 0.1) is 24.2 Å². The van der Waals surface area contributed by atoms with E-state index in [0.29, 0.717) is 38.6 Å². The van der Waals surface area contributed by atoms with E-state index in [-0.39, 0.29) is 18.0 Å². The number of methoxy groups -OCH3 is 1. The summed E-state index contributed by atoms with van der Waals surface area (Å²) in [4.78, 5) is 31.8. The number of aromatic nitrogens is 2. The number of ether oxygens (including phenoxy) is 2. The average molecular weight is 531 g/mol. The zero-order chi connectivity index (χ0) is 26.8. The van der Waals surface area contributed by atoms with Gasteiger partial charge in [-0.05, 0) is 48.5 Å². The molecule has 38 heavy (non-hydrogen) atoms. The van der Waals surface area contributed by atoms with Crippen molar-refractivity contribution in [1.82, 2.24) is 9.66 Å². The minimum Gasteiger partial charge on any atom is -0.481 e. The van der Waals surface area contributed by atoms with Crippen LogP contribution in [0.4, 0.5) is 5.69 Å². The van der Waals surface area contributed by atoms with Crippen LogP contribution in [-0.2, 0) is 9.53 Å². The molecule has 0 unspecified atom stereocenters. The average Bonchev–Trinajstić information content (AvgIpc) is 3.34. The number of carbonyl (C=O) groups is 1. The minimum atomic E-state index is -0.523. The number of anilines is 1. The Morgan fingerprint density at radius 3 is 2.74 bits per heavy atom. The van der Waals surface area contributed by atoms with Gasteiger partial charge in [0, 0.05) is 41.8 Å². The zero-order valence-electron chi connectivity index (χ0n) is 20.8. The second-order valence-electron chi connectivity index (χ2n) is 8.59. The van der Waals surface area contributed by atoms with Gasteiger partial charge >= 0.3 is 5.97 Å². The molecule has 9 nitrogen and oxygen atoms in total. The Balaban J connectivity index is 1.65. The smallest absolute Gasteiger partial charge is 0.343 e. The van der Waals surface area contributed by atoms with E-state index in [2.05, 4.69) is 10.1 Å². The van der Waals surface area contributed by atoms with Crippen LogP contribution in [0.1, 0.15) is 5.56 Å². The van der Waals surface area contributed by atoms with Gasteiger partial charge in [-0.15, -0.1) is 0 Å². The molecule has 10 heteroatoms. The summed E-state index contributed by atoms with van der Waals surface area (Å²) in [6.07, 6.45) is 1.48. The summed E-state index contributed by atoms with van der Waals surface area (Å²) in [5, 5.41) is 6.22. The van der Waals surface area contributed by atoms with Crippen molar-refractivity contribution in [3.05, 3.63) is 87.7 Å². The number of hydrogen-bond acceptors (Lipinski definition) is 8. The third kappa shape index (κ3) is 4.96. The number of nitrogens with zero attached hydrogens (tertiary/aromatic N) is 4. The van der Waals surface area contributed by atoms with Gasteiger partial charge in [0.2, 0.25) is 5.82 Å². The SMILES string of the molecule is COC(=O)COc1cc(N(C)C)ccc1C=Nn1c(-c2cc3cc(Cl)ccc3o2)nc2ccccc2c1=O. The highest BCUT2D eigenvalue weighted by Crippen LogP contribution is 2.29. The fraction of sp³-hybridized carbons (Fsp3) is 0.143. The maximum Gasteiger partial charge on any atom is 0.343 e. The molecule has 0 N–H and O–H groups in total. The van der Waals surface area contributed by atoms with Crippen LogP contribution < -0.4 is 15.2 Å². The number of furan rings is 1. The van der Waals surface area contributed by atoms with Crippen molar-refractivity contribution in [2.75, 3.05) is 32.7 Å². The molecule has 0 amide bonds. The van der Waals surface area contributed by atoms with Crippen LogP contribution in [0.15, 0.2) is 81.0 Å². The molecule has 5 rings (SSSR count). The summed E-state index contributed by atoms with van der Waals surface area (Å²) in [7, 11) is 5.07. The molecule has 0 radical (unpaired) electrons. The predicted molar refractivity (Wildman–Crippen MR) is 147 cm³/mol. The number of benzene rings is 3. The number of fused-ring (bicyclic) bond motifs is 2. The Hall–Kier alpha value is -4.63. The van der Waals surface area contributed by atoms with E-state index in [4.69, 9.17) is 25.5 Å². The van der Waals surface area contributed by atoms with E-state index in [0.717, 1.165) is 11.1 Å². The van der Waals surface area contributed by atoms with Crippen LogP contribution in [0.25, 0.3) is 33.5 Å². The number of hydrogen-bond donors (Lipinski definition) is 0. The summed E-state index contributed by atoms with van der Waals surface area (Å²) in [6, 6.07) is 19.5. The molecule has 192 valence electrons. The van der Waals surface area contributed by atoms with Gasteiger partial charge in [-0.1, -0.05) is 23.7 Å². The maximum absolute atomic E-state index is 13.5. The molecule has 0 saturated heterocycles. The quantitative estimate of drug-likeness (QED) is 0.216. The van der Waals surface area contributed by atoms with E-state index in [1.807, 2.05) is 31.1 Å². The van der Waals surface area contributed by atoms with Gasteiger partial charge in [0.15, 0.2) is 12.4 Å². The molecular formula is C28H23ClN4O5.